The van der Waals surface area contributed by atoms with E-state index < -0.39 is 7.70 Å². The number of hydrogen-bond donors (Lipinski definition) is 4. The van der Waals surface area contributed by atoms with Crippen LogP contribution in [0.4, 0.5) is 17.8 Å². The summed E-state index contributed by atoms with van der Waals surface area (Å²) in [5.74, 6) is 1.58. The van der Waals surface area contributed by atoms with Crippen LogP contribution in [0.3, 0.4) is 0 Å². The third-order valence-corrected chi connectivity index (χ3v) is 2.94. The zero-order chi connectivity index (χ0) is 14.8. The fourth-order valence-corrected chi connectivity index (χ4v) is 1.85. The van der Waals surface area contributed by atoms with E-state index in [1.54, 1.807) is 0 Å². The van der Waals surface area contributed by atoms with Gasteiger partial charge in [0.1, 0.15) is 6.66 Å². The molecule has 20 heavy (non-hydrogen) atoms. The molecule has 0 aliphatic carbocycles. The number of nitrogens with zero attached hydrogens (tertiary/aromatic N) is 3. The monoisotopic (exact) mass is 299 g/mol. The van der Waals surface area contributed by atoms with Crippen LogP contribution in [0, 0.1) is 0 Å². The van der Waals surface area contributed by atoms with Crippen molar-refractivity contribution in [2.45, 2.75) is 26.2 Å². The first-order valence-corrected chi connectivity index (χ1v) is 8.78. The molecular weight excluding hydrogens is 275 g/mol. The van der Waals surface area contributed by atoms with E-state index in [1.807, 2.05) is 6.66 Å². The SMILES string of the molecule is C=[P+](C)Nc1nc(NCCCC)nc(NCCCO)n1. The summed E-state index contributed by atoms with van der Waals surface area (Å²) >= 11 is 0. The highest BCUT2D eigenvalue weighted by Crippen LogP contribution is 2.17. The zero-order valence-corrected chi connectivity index (χ0v) is 13.1. The van der Waals surface area contributed by atoms with Gasteiger partial charge in [-0.3, -0.25) is 0 Å². The molecule has 1 aromatic rings. The molecule has 0 spiro atoms. The van der Waals surface area contributed by atoms with Gasteiger partial charge in [-0.25, -0.2) is 0 Å². The van der Waals surface area contributed by atoms with Gasteiger partial charge in [-0.1, -0.05) is 13.3 Å². The Labute approximate surface area is 121 Å². The molecule has 1 heterocycles. The smallest absolute Gasteiger partial charge is 0.267 e. The Kier molecular flexibility index (Phi) is 7.84. The molecule has 0 aliphatic heterocycles. The Hall–Kier alpha value is -1.46. The van der Waals surface area contributed by atoms with Crippen LogP contribution < -0.4 is 15.7 Å². The van der Waals surface area contributed by atoms with E-state index in [9.17, 15) is 0 Å². The van der Waals surface area contributed by atoms with Crippen LogP contribution in [0.2, 0.25) is 0 Å². The summed E-state index contributed by atoms with van der Waals surface area (Å²) in [7, 11) is -0.582. The summed E-state index contributed by atoms with van der Waals surface area (Å²) < 4.78 is 0. The van der Waals surface area contributed by atoms with Crippen LogP contribution >= 0.6 is 7.70 Å². The molecule has 7 nitrogen and oxygen atoms in total. The molecule has 1 rings (SSSR count). The summed E-state index contributed by atoms with van der Waals surface area (Å²) in [4.78, 5) is 12.9. The quantitative estimate of drug-likeness (QED) is 0.386. The molecule has 1 aromatic heterocycles. The highest BCUT2D eigenvalue weighted by atomic mass is 31.1. The summed E-state index contributed by atoms with van der Waals surface area (Å²) in [6, 6.07) is 0. The lowest BCUT2D eigenvalue weighted by Gasteiger charge is -2.08. The minimum Gasteiger partial charge on any atom is -0.396 e. The summed E-state index contributed by atoms with van der Waals surface area (Å²) in [6.45, 7) is 5.73. The van der Waals surface area contributed by atoms with E-state index in [0.717, 1.165) is 19.4 Å². The average Bonchev–Trinajstić information content (AvgIpc) is 2.38. The van der Waals surface area contributed by atoms with Gasteiger partial charge in [0.25, 0.3) is 5.95 Å². The van der Waals surface area contributed by atoms with E-state index in [-0.39, 0.29) is 6.61 Å². The predicted molar refractivity (Wildman–Crippen MR) is 87.0 cm³/mol. The first-order valence-electron chi connectivity index (χ1n) is 6.81. The van der Waals surface area contributed by atoms with Gasteiger partial charge in [-0.15, -0.1) is 0 Å². The molecule has 1 unspecified atom stereocenters. The van der Waals surface area contributed by atoms with E-state index >= 15 is 0 Å². The van der Waals surface area contributed by atoms with Crippen LogP contribution in [0.25, 0.3) is 0 Å². The maximum absolute atomic E-state index is 8.79. The van der Waals surface area contributed by atoms with Crippen molar-refractivity contribution in [3.8, 4) is 0 Å². The van der Waals surface area contributed by atoms with Gasteiger partial charge in [0, 0.05) is 19.7 Å². The standard InChI is InChI=1S/C12H24N6OP/c1-4-5-7-13-10-15-11(14-8-6-9-19)17-12(16-10)18-20(2)3/h19H,2,4-9H2,1,3H3,(H3,13,14,15,16,17,18)/q+1. The van der Waals surface area contributed by atoms with Crippen molar-refractivity contribution in [2.75, 3.05) is 42.1 Å². The van der Waals surface area contributed by atoms with Crippen LogP contribution in [0.1, 0.15) is 26.2 Å². The van der Waals surface area contributed by atoms with Crippen LogP contribution in [0.15, 0.2) is 0 Å². The molecule has 0 saturated carbocycles. The summed E-state index contributed by atoms with van der Waals surface area (Å²) in [5.41, 5.74) is 0. The van der Waals surface area contributed by atoms with Crippen molar-refractivity contribution >= 4 is 31.8 Å². The Morgan fingerprint density at radius 1 is 1.05 bits per heavy atom. The normalized spacial score (nSPS) is 11.1. The molecule has 0 aliphatic rings. The second-order valence-electron chi connectivity index (χ2n) is 4.40. The van der Waals surface area contributed by atoms with Gasteiger partial charge in [-0.05, 0) is 12.8 Å². The van der Waals surface area contributed by atoms with Crippen molar-refractivity contribution in [3.63, 3.8) is 0 Å². The molecule has 1 atom stereocenters. The average molecular weight is 299 g/mol. The van der Waals surface area contributed by atoms with E-state index in [0.29, 0.717) is 30.8 Å². The second kappa shape index (κ2) is 9.44. The lowest BCUT2D eigenvalue weighted by molar-refractivity contribution is 0.292. The van der Waals surface area contributed by atoms with E-state index in [4.69, 9.17) is 5.11 Å². The number of aliphatic hydroxyl groups excluding tert-OH is 1. The molecule has 8 heteroatoms. The number of aliphatic hydroxyl groups is 1. The summed E-state index contributed by atoms with van der Waals surface area (Å²) in [5, 5.41) is 18.2. The van der Waals surface area contributed by atoms with Gasteiger partial charge in [-0.2, -0.15) is 20.0 Å². The number of unbranched alkanes of at least 4 members (excludes halogenated alkanes) is 1. The molecule has 112 valence electrons. The van der Waals surface area contributed by atoms with Crippen LogP contribution in [-0.4, -0.2) is 52.7 Å². The third-order valence-electron chi connectivity index (χ3n) is 2.36. The largest absolute Gasteiger partial charge is 0.396 e. The van der Waals surface area contributed by atoms with Gasteiger partial charge in [0.2, 0.25) is 19.6 Å². The van der Waals surface area contributed by atoms with Crippen LogP contribution in [0.5, 0.6) is 0 Å². The zero-order valence-electron chi connectivity index (χ0n) is 12.2. The minimum absolute atomic E-state index is 0.143. The van der Waals surface area contributed by atoms with Crippen molar-refractivity contribution in [1.82, 2.24) is 15.0 Å². The maximum Gasteiger partial charge on any atom is 0.267 e. The fraction of sp³-hybridized carbons (Fsp3) is 0.667. The topological polar surface area (TPSA) is 95.0 Å². The Morgan fingerprint density at radius 3 is 2.10 bits per heavy atom. The van der Waals surface area contributed by atoms with Gasteiger partial charge in [0.05, 0.1) is 6.30 Å². The van der Waals surface area contributed by atoms with Crippen LogP contribution in [-0.2, 0) is 0 Å². The Balaban J connectivity index is 2.74. The molecule has 0 aromatic carbocycles. The first kappa shape index (κ1) is 16.6. The van der Waals surface area contributed by atoms with E-state index in [1.165, 1.54) is 0 Å². The van der Waals surface area contributed by atoms with Crippen molar-refractivity contribution in [2.24, 2.45) is 0 Å². The van der Waals surface area contributed by atoms with Crippen molar-refractivity contribution < 1.29 is 5.11 Å². The highest BCUT2D eigenvalue weighted by molar-refractivity contribution is 7.56. The second-order valence-corrected chi connectivity index (χ2v) is 6.02. The Morgan fingerprint density at radius 2 is 1.60 bits per heavy atom. The predicted octanol–water partition coefficient (Wildman–Crippen LogP) is 1.75. The molecule has 4 N–H and O–H groups in total. The number of nitrogens with one attached hydrogen (secondary N) is 3. The van der Waals surface area contributed by atoms with Crippen molar-refractivity contribution in [1.29, 1.82) is 0 Å². The minimum atomic E-state index is -0.582. The summed E-state index contributed by atoms with van der Waals surface area (Å²) in [6.07, 6.45) is 6.76. The van der Waals surface area contributed by atoms with Gasteiger partial charge in [0.15, 0.2) is 0 Å². The Bertz CT molecular complexity index is 400. The lowest BCUT2D eigenvalue weighted by Crippen LogP contribution is -2.12. The molecule has 0 saturated heterocycles. The molecule has 0 fully saturated rings. The number of aromatic nitrogens is 3. The number of hydrogen-bond acceptors (Lipinski definition) is 7. The first-order chi connectivity index (χ1) is 9.65. The van der Waals surface area contributed by atoms with Crippen molar-refractivity contribution in [3.05, 3.63) is 0 Å². The number of anilines is 3. The molecule has 0 radical (unpaired) electrons. The molecular formula is C12H24N6OP+. The lowest BCUT2D eigenvalue weighted by atomic mass is 10.3. The van der Waals surface area contributed by atoms with Gasteiger partial charge >= 0.3 is 0 Å². The molecule has 0 bridgehead atoms. The maximum atomic E-state index is 8.79. The number of rotatable bonds is 10. The molecule has 0 amide bonds. The third kappa shape index (κ3) is 6.63. The van der Waals surface area contributed by atoms with E-state index in [2.05, 4.69) is 43.9 Å². The van der Waals surface area contributed by atoms with Gasteiger partial charge < -0.3 is 15.7 Å². The highest BCUT2D eigenvalue weighted by Gasteiger charge is 2.09. The fourth-order valence-electron chi connectivity index (χ4n) is 1.41.